The van der Waals surface area contributed by atoms with Crippen molar-refractivity contribution in [2.24, 2.45) is 0 Å². The molecule has 4 aromatic rings. The highest BCUT2D eigenvalue weighted by atomic mass is 16.5. The fourth-order valence-electron chi connectivity index (χ4n) is 3.92. The van der Waals surface area contributed by atoms with Crippen molar-refractivity contribution < 1.29 is 18.5 Å². The summed E-state index contributed by atoms with van der Waals surface area (Å²) in [7, 11) is 1.57. The molecule has 1 amide bonds. The summed E-state index contributed by atoms with van der Waals surface area (Å²) in [4.78, 5) is 28.3. The first-order valence-corrected chi connectivity index (χ1v) is 9.46. The number of hydrogen-bond donors (Lipinski definition) is 0. The first-order chi connectivity index (χ1) is 14.5. The van der Waals surface area contributed by atoms with Crippen LogP contribution in [0.5, 0.6) is 5.75 Å². The lowest BCUT2D eigenvalue weighted by atomic mass is 9.98. The van der Waals surface area contributed by atoms with E-state index in [0.29, 0.717) is 33.9 Å². The second-order valence-corrected chi connectivity index (χ2v) is 7.32. The Morgan fingerprint density at radius 2 is 1.90 bits per heavy atom. The Bertz CT molecular complexity index is 1370. The smallest absolute Gasteiger partial charge is 0.296 e. The molecule has 0 bridgehead atoms. The normalized spacial score (nSPS) is 15.6. The first kappa shape index (κ1) is 18.2. The lowest BCUT2D eigenvalue weighted by Crippen LogP contribution is -2.29. The van der Waals surface area contributed by atoms with Crippen LogP contribution in [0.25, 0.3) is 11.0 Å². The van der Waals surface area contributed by atoms with Crippen molar-refractivity contribution in [3.8, 4) is 5.75 Å². The van der Waals surface area contributed by atoms with E-state index in [1.165, 1.54) is 4.90 Å². The van der Waals surface area contributed by atoms with Crippen molar-refractivity contribution in [1.29, 1.82) is 0 Å². The molecule has 3 heterocycles. The molecular weight excluding hydrogens is 384 g/mol. The van der Waals surface area contributed by atoms with Crippen LogP contribution < -0.4 is 15.1 Å². The van der Waals surface area contributed by atoms with Crippen LogP contribution in [-0.2, 0) is 0 Å². The average molecular weight is 402 g/mol. The standard InChI is InChI=1S/C23H18N2O5/c1-12-7-8-17-16(9-12)21(26)19-20(14-5-4-6-15(11-14)28-3)25(23(27)22(19)29-17)18-10-13(2)30-24-18/h4-11,20H,1-3H3/t20-/m0/s1. The molecule has 0 aliphatic carbocycles. The molecule has 1 atom stereocenters. The second kappa shape index (κ2) is 6.59. The SMILES string of the molecule is COc1cccc([C@H]2c3c(oc4ccc(C)cc4c3=O)C(=O)N2c2cc(C)on2)c1. The van der Waals surface area contributed by atoms with Crippen LogP contribution in [0.2, 0.25) is 0 Å². The summed E-state index contributed by atoms with van der Waals surface area (Å²) < 4.78 is 16.5. The van der Waals surface area contributed by atoms with Crippen LogP contribution >= 0.6 is 0 Å². The van der Waals surface area contributed by atoms with E-state index in [4.69, 9.17) is 13.7 Å². The molecule has 1 aliphatic rings. The zero-order valence-corrected chi connectivity index (χ0v) is 16.6. The van der Waals surface area contributed by atoms with E-state index in [2.05, 4.69) is 5.16 Å². The maximum atomic E-state index is 13.5. The van der Waals surface area contributed by atoms with E-state index in [9.17, 15) is 9.59 Å². The summed E-state index contributed by atoms with van der Waals surface area (Å²) in [6, 6.07) is 13.5. The molecule has 0 saturated carbocycles. The third-order valence-electron chi connectivity index (χ3n) is 5.30. The van der Waals surface area contributed by atoms with Gasteiger partial charge in [0.25, 0.3) is 5.91 Å². The van der Waals surface area contributed by atoms with Gasteiger partial charge in [0.15, 0.2) is 11.2 Å². The van der Waals surface area contributed by atoms with Crippen molar-refractivity contribution in [2.45, 2.75) is 19.9 Å². The van der Waals surface area contributed by atoms with Gasteiger partial charge in [-0.05, 0) is 43.7 Å². The minimum absolute atomic E-state index is 0.0184. The van der Waals surface area contributed by atoms with Crippen LogP contribution in [0.4, 0.5) is 5.82 Å². The number of carbonyl (C=O) groups is 1. The molecule has 7 nitrogen and oxygen atoms in total. The Labute approximate surface area is 171 Å². The molecule has 0 spiro atoms. The van der Waals surface area contributed by atoms with Gasteiger partial charge in [0.1, 0.15) is 17.1 Å². The van der Waals surface area contributed by atoms with Crippen LogP contribution in [0, 0.1) is 13.8 Å². The molecule has 1 aliphatic heterocycles. The van der Waals surface area contributed by atoms with E-state index in [1.54, 1.807) is 44.4 Å². The monoisotopic (exact) mass is 402 g/mol. The fraction of sp³-hybridized carbons (Fsp3) is 0.174. The molecule has 0 radical (unpaired) electrons. The predicted octanol–water partition coefficient (Wildman–Crippen LogP) is 4.16. The minimum Gasteiger partial charge on any atom is -0.497 e. The van der Waals surface area contributed by atoms with E-state index in [-0.39, 0.29) is 16.8 Å². The van der Waals surface area contributed by atoms with Gasteiger partial charge in [-0.1, -0.05) is 28.9 Å². The number of rotatable bonds is 3. The molecule has 7 heteroatoms. The van der Waals surface area contributed by atoms with Gasteiger partial charge in [-0.2, -0.15) is 0 Å². The molecule has 2 aromatic heterocycles. The van der Waals surface area contributed by atoms with E-state index >= 15 is 0 Å². The number of nitrogens with zero attached hydrogens (tertiary/aromatic N) is 2. The number of benzene rings is 2. The topological polar surface area (TPSA) is 85.8 Å². The van der Waals surface area contributed by atoms with E-state index in [1.807, 2.05) is 25.1 Å². The van der Waals surface area contributed by atoms with Gasteiger partial charge in [-0.15, -0.1) is 0 Å². The van der Waals surface area contributed by atoms with Crippen LogP contribution in [0.3, 0.4) is 0 Å². The summed E-state index contributed by atoms with van der Waals surface area (Å²) in [5.74, 6) is 1.07. The number of amides is 1. The summed E-state index contributed by atoms with van der Waals surface area (Å²) in [6.07, 6.45) is 0. The number of aryl methyl sites for hydroxylation is 2. The molecule has 5 rings (SSSR count). The van der Waals surface area contributed by atoms with Gasteiger partial charge in [0, 0.05) is 6.07 Å². The zero-order chi connectivity index (χ0) is 21.0. The maximum absolute atomic E-state index is 13.5. The number of aromatic nitrogens is 1. The van der Waals surface area contributed by atoms with Gasteiger partial charge in [0.2, 0.25) is 5.76 Å². The summed E-state index contributed by atoms with van der Waals surface area (Å²) >= 11 is 0. The number of anilines is 1. The summed E-state index contributed by atoms with van der Waals surface area (Å²) in [5.41, 5.74) is 2.06. The molecule has 30 heavy (non-hydrogen) atoms. The van der Waals surface area contributed by atoms with Crippen LogP contribution in [0.15, 0.2) is 62.3 Å². The van der Waals surface area contributed by atoms with E-state index < -0.39 is 11.9 Å². The number of hydrogen-bond acceptors (Lipinski definition) is 6. The van der Waals surface area contributed by atoms with Crippen molar-refractivity contribution in [3.05, 3.63) is 87.0 Å². The summed E-state index contributed by atoms with van der Waals surface area (Å²) in [5, 5.41) is 4.46. The number of carbonyl (C=O) groups excluding carboxylic acids is 1. The third kappa shape index (κ3) is 2.62. The predicted molar refractivity (Wildman–Crippen MR) is 110 cm³/mol. The highest BCUT2D eigenvalue weighted by molar-refractivity contribution is 6.10. The third-order valence-corrected chi connectivity index (χ3v) is 5.30. The van der Waals surface area contributed by atoms with Gasteiger partial charge in [-0.3, -0.25) is 14.5 Å². The van der Waals surface area contributed by atoms with Crippen molar-refractivity contribution in [1.82, 2.24) is 5.16 Å². The Morgan fingerprint density at radius 1 is 1.07 bits per heavy atom. The molecule has 0 unspecified atom stereocenters. The largest absolute Gasteiger partial charge is 0.497 e. The highest BCUT2D eigenvalue weighted by Gasteiger charge is 2.45. The average Bonchev–Trinajstić information content (AvgIpc) is 3.30. The van der Waals surface area contributed by atoms with Gasteiger partial charge in [-0.25, -0.2) is 0 Å². The number of fused-ring (bicyclic) bond motifs is 2. The molecule has 150 valence electrons. The van der Waals surface area contributed by atoms with Crippen molar-refractivity contribution >= 4 is 22.7 Å². The minimum atomic E-state index is -0.715. The highest BCUT2D eigenvalue weighted by Crippen LogP contribution is 2.41. The lowest BCUT2D eigenvalue weighted by Gasteiger charge is -2.22. The second-order valence-electron chi connectivity index (χ2n) is 7.32. The van der Waals surface area contributed by atoms with Crippen LogP contribution in [-0.4, -0.2) is 18.2 Å². The molecular formula is C23H18N2O5. The Hall–Kier alpha value is -3.87. The number of ether oxygens (including phenoxy) is 1. The van der Waals surface area contributed by atoms with Gasteiger partial charge >= 0.3 is 0 Å². The number of methoxy groups -OCH3 is 1. The Morgan fingerprint density at radius 3 is 2.63 bits per heavy atom. The molecule has 0 saturated heterocycles. The molecule has 2 aromatic carbocycles. The van der Waals surface area contributed by atoms with Crippen LogP contribution in [0.1, 0.15) is 39.0 Å². The van der Waals surface area contributed by atoms with Crippen molar-refractivity contribution in [3.63, 3.8) is 0 Å². The summed E-state index contributed by atoms with van der Waals surface area (Å²) in [6.45, 7) is 3.65. The first-order valence-electron chi connectivity index (χ1n) is 9.46. The Kier molecular flexibility index (Phi) is 3.99. The fourth-order valence-corrected chi connectivity index (χ4v) is 3.92. The molecule has 0 N–H and O–H groups in total. The quantitative estimate of drug-likeness (QED) is 0.512. The van der Waals surface area contributed by atoms with Gasteiger partial charge in [0.05, 0.1) is 24.1 Å². The van der Waals surface area contributed by atoms with E-state index in [0.717, 1.165) is 5.56 Å². The maximum Gasteiger partial charge on any atom is 0.296 e. The Balaban J connectivity index is 1.83. The molecule has 0 fully saturated rings. The lowest BCUT2D eigenvalue weighted by molar-refractivity contribution is 0.0969. The van der Waals surface area contributed by atoms with Gasteiger partial charge < -0.3 is 13.7 Å². The van der Waals surface area contributed by atoms with Crippen molar-refractivity contribution in [2.75, 3.05) is 12.0 Å². The zero-order valence-electron chi connectivity index (χ0n) is 16.6.